The summed E-state index contributed by atoms with van der Waals surface area (Å²) in [7, 11) is 0. The highest BCUT2D eigenvalue weighted by molar-refractivity contribution is 5.93. The molecule has 8 heteroatoms. The monoisotopic (exact) mass is 369 g/mol. The third kappa shape index (κ3) is 3.30. The van der Waals surface area contributed by atoms with Crippen molar-refractivity contribution in [1.82, 2.24) is 10.6 Å². The number of carbonyl (C=O) groups is 2. The third-order valence-electron chi connectivity index (χ3n) is 5.74. The van der Waals surface area contributed by atoms with Crippen LogP contribution in [-0.4, -0.2) is 24.9 Å². The summed E-state index contributed by atoms with van der Waals surface area (Å²) in [5.41, 5.74) is 2.83. The van der Waals surface area contributed by atoms with Gasteiger partial charge in [-0.1, -0.05) is 12.1 Å². The normalized spacial score (nSPS) is 23.9. The summed E-state index contributed by atoms with van der Waals surface area (Å²) in [6.07, 6.45) is -2.06. The highest BCUT2D eigenvalue weighted by Crippen LogP contribution is 2.58. The van der Waals surface area contributed by atoms with Crippen molar-refractivity contribution in [2.24, 2.45) is 17.1 Å². The van der Waals surface area contributed by atoms with E-state index >= 15 is 0 Å². The van der Waals surface area contributed by atoms with Crippen LogP contribution in [0.4, 0.5) is 13.2 Å². The van der Waals surface area contributed by atoms with Crippen molar-refractivity contribution in [2.75, 3.05) is 13.1 Å². The minimum Gasteiger partial charge on any atom is -0.367 e. The zero-order chi connectivity index (χ0) is 19.2. The van der Waals surface area contributed by atoms with Crippen LogP contribution in [0.1, 0.15) is 37.3 Å². The molecule has 5 nitrogen and oxygen atoms in total. The number of rotatable bonds is 4. The first kappa shape index (κ1) is 18.7. The van der Waals surface area contributed by atoms with Crippen LogP contribution >= 0.6 is 0 Å². The molecule has 2 fully saturated rings. The van der Waals surface area contributed by atoms with Crippen molar-refractivity contribution in [3.63, 3.8) is 0 Å². The molecular weight excluding hydrogens is 347 g/mol. The van der Waals surface area contributed by atoms with Crippen molar-refractivity contribution < 1.29 is 22.8 Å². The first-order chi connectivity index (χ1) is 12.1. The summed E-state index contributed by atoms with van der Waals surface area (Å²) in [4.78, 5) is 24.7. The molecule has 1 saturated carbocycles. The molecule has 1 aromatic carbocycles. The molecule has 2 aliphatic rings. The van der Waals surface area contributed by atoms with E-state index in [4.69, 9.17) is 5.73 Å². The van der Waals surface area contributed by atoms with E-state index in [1.165, 1.54) is 19.1 Å². The Morgan fingerprint density at radius 1 is 1.23 bits per heavy atom. The number of halogens is 3. The lowest BCUT2D eigenvalue weighted by atomic mass is 9.88. The molecule has 3 rings (SSSR count). The lowest BCUT2D eigenvalue weighted by Gasteiger charge is -2.30. The van der Waals surface area contributed by atoms with Gasteiger partial charge in [-0.05, 0) is 62.4 Å². The van der Waals surface area contributed by atoms with Gasteiger partial charge in [-0.3, -0.25) is 9.59 Å². The first-order valence-electron chi connectivity index (χ1n) is 8.59. The van der Waals surface area contributed by atoms with Crippen LogP contribution in [0.5, 0.6) is 0 Å². The van der Waals surface area contributed by atoms with Crippen LogP contribution in [0.2, 0.25) is 0 Å². The average Bonchev–Trinajstić information content (AvgIpc) is 3.27. The number of alkyl halides is 3. The number of hydrogen-bond donors (Lipinski definition) is 3. The van der Waals surface area contributed by atoms with Gasteiger partial charge in [0.2, 0.25) is 11.8 Å². The number of carbonyl (C=O) groups excluding carboxylic acids is 2. The number of primary amides is 1. The summed E-state index contributed by atoms with van der Waals surface area (Å²) in [5, 5.41) is 5.86. The van der Waals surface area contributed by atoms with E-state index in [1.807, 2.05) is 0 Å². The molecule has 0 aromatic heterocycles. The molecular formula is C18H22F3N3O2. The second-order valence-electron chi connectivity index (χ2n) is 7.43. The van der Waals surface area contributed by atoms with Crippen molar-refractivity contribution in [3.8, 4) is 0 Å². The van der Waals surface area contributed by atoms with Crippen LogP contribution in [-0.2, 0) is 21.3 Å². The largest absolute Gasteiger partial charge is 0.416 e. The minimum absolute atomic E-state index is 0.0215. The molecule has 1 aromatic rings. The maximum absolute atomic E-state index is 13.0. The Bertz CT molecular complexity index is 729. The Balaban J connectivity index is 1.83. The van der Waals surface area contributed by atoms with Crippen LogP contribution in [0.3, 0.4) is 0 Å². The Morgan fingerprint density at radius 3 is 2.42 bits per heavy atom. The van der Waals surface area contributed by atoms with E-state index < -0.39 is 23.2 Å². The quantitative estimate of drug-likeness (QED) is 0.758. The molecule has 1 heterocycles. The van der Waals surface area contributed by atoms with Gasteiger partial charge in [-0.25, -0.2) is 0 Å². The highest BCUT2D eigenvalue weighted by atomic mass is 19.4. The predicted octanol–water partition coefficient (Wildman–Crippen LogP) is 1.91. The summed E-state index contributed by atoms with van der Waals surface area (Å²) >= 11 is 0. The average molecular weight is 369 g/mol. The molecule has 1 spiro atoms. The standard InChI is InChI=1S/C18H22F3N3O2/c1-16(15(22)26,11-3-2-4-12(9-11)18(19,20)21)24-14(25)13-10-17(13)5-7-23-8-6-17/h2-4,9,13,23H,5-8,10H2,1H3,(H2,22,26)(H,24,25). The molecule has 4 N–H and O–H groups in total. The van der Waals surface area contributed by atoms with Gasteiger partial charge in [-0.2, -0.15) is 13.2 Å². The van der Waals surface area contributed by atoms with Gasteiger partial charge in [0.05, 0.1) is 5.56 Å². The molecule has 1 saturated heterocycles. The molecule has 2 atom stereocenters. The maximum atomic E-state index is 13.0. The van der Waals surface area contributed by atoms with Gasteiger partial charge >= 0.3 is 6.18 Å². The lowest BCUT2D eigenvalue weighted by Crippen LogP contribution is -2.53. The summed E-state index contributed by atoms with van der Waals surface area (Å²) in [5.74, 6) is -1.45. The fraction of sp³-hybridized carbons (Fsp3) is 0.556. The fourth-order valence-electron chi connectivity index (χ4n) is 3.81. The molecule has 2 unspecified atom stereocenters. The summed E-state index contributed by atoms with van der Waals surface area (Å²) in [6.45, 7) is 3.02. The van der Waals surface area contributed by atoms with E-state index in [1.54, 1.807) is 0 Å². The van der Waals surface area contributed by atoms with Crippen LogP contribution in [0, 0.1) is 11.3 Å². The number of piperidine rings is 1. The molecule has 0 bridgehead atoms. The van der Waals surface area contributed by atoms with Crippen molar-refractivity contribution >= 4 is 11.8 Å². The smallest absolute Gasteiger partial charge is 0.367 e. The predicted molar refractivity (Wildman–Crippen MR) is 88.8 cm³/mol. The van der Waals surface area contributed by atoms with E-state index in [2.05, 4.69) is 10.6 Å². The fourth-order valence-corrected chi connectivity index (χ4v) is 3.81. The SMILES string of the molecule is CC(NC(=O)C1CC12CCNCC2)(C(N)=O)c1cccc(C(F)(F)F)c1. The van der Waals surface area contributed by atoms with Crippen molar-refractivity contribution in [2.45, 2.75) is 37.9 Å². The number of hydrogen-bond acceptors (Lipinski definition) is 3. The second-order valence-corrected chi connectivity index (χ2v) is 7.43. The zero-order valence-corrected chi connectivity index (χ0v) is 14.5. The molecule has 142 valence electrons. The van der Waals surface area contributed by atoms with Gasteiger partial charge in [0, 0.05) is 5.92 Å². The van der Waals surface area contributed by atoms with Gasteiger partial charge in [0.25, 0.3) is 0 Å². The third-order valence-corrected chi connectivity index (χ3v) is 5.74. The van der Waals surface area contributed by atoms with Crippen molar-refractivity contribution in [3.05, 3.63) is 35.4 Å². The Kier molecular flexibility index (Phi) is 4.50. The van der Waals surface area contributed by atoms with Gasteiger partial charge in [0.1, 0.15) is 5.54 Å². The van der Waals surface area contributed by atoms with E-state index in [0.29, 0.717) is 0 Å². The van der Waals surface area contributed by atoms with E-state index in [-0.39, 0.29) is 22.8 Å². The Morgan fingerprint density at radius 2 is 1.85 bits per heavy atom. The maximum Gasteiger partial charge on any atom is 0.416 e. The summed E-state index contributed by atoms with van der Waals surface area (Å²) < 4.78 is 39.0. The minimum atomic E-state index is -4.55. The summed E-state index contributed by atoms with van der Waals surface area (Å²) in [6, 6.07) is 4.35. The second kappa shape index (κ2) is 6.26. The Labute approximate surface area is 149 Å². The number of benzene rings is 1. The lowest BCUT2D eigenvalue weighted by molar-refractivity contribution is -0.138. The van der Waals surface area contributed by atoms with Crippen LogP contribution in [0.15, 0.2) is 24.3 Å². The molecule has 1 aliphatic carbocycles. The molecule has 0 radical (unpaired) electrons. The number of amides is 2. The van der Waals surface area contributed by atoms with Crippen LogP contribution in [0.25, 0.3) is 0 Å². The van der Waals surface area contributed by atoms with E-state index in [9.17, 15) is 22.8 Å². The Hall–Kier alpha value is -2.09. The zero-order valence-electron chi connectivity index (χ0n) is 14.5. The van der Waals surface area contributed by atoms with E-state index in [0.717, 1.165) is 44.5 Å². The first-order valence-corrected chi connectivity index (χ1v) is 8.59. The van der Waals surface area contributed by atoms with Crippen molar-refractivity contribution in [1.29, 1.82) is 0 Å². The van der Waals surface area contributed by atoms with Gasteiger partial charge in [-0.15, -0.1) is 0 Å². The highest BCUT2D eigenvalue weighted by Gasteiger charge is 2.58. The van der Waals surface area contributed by atoms with Gasteiger partial charge < -0.3 is 16.4 Å². The topological polar surface area (TPSA) is 84.2 Å². The number of nitrogens with one attached hydrogen (secondary N) is 2. The number of nitrogens with two attached hydrogens (primary N) is 1. The van der Waals surface area contributed by atoms with Crippen LogP contribution < -0.4 is 16.4 Å². The van der Waals surface area contributed by atoms with Gasteiger partial charge in [0.15, 0.2) is 0 Å². The molecule has 1 aliphatic heterocycles. The molecule has 2 amide bonds. The molecule has 26 heavy (non-hydrogen) atoms.